The van der Waals surface area contributed by atoms with Gasteiger partial charge >= 0.3 is 0 Å². The van der Waals surface area contributed by atoms with Crippen LogP contribution in [0.4, 0.5) is 0 Å². The number of nitrogens with one attached hydrogen (secondary N) is 2. The summed E-state index contributed by atoms with van der Waals surface area (Å²) in [5, 5.41) is 6.92. The third-order valence-corrected chi connectivity index (χ3v) is 2.84. The lowest BCUT2D eigenvalue weighted by Crippen LogP contribution is -2.38. The summed E-state index contributed by atoms with van der Waals surface area (Å²) in [6, 6.07) is 1.36. The second-order valence-electron chi connectivity index (χ2n) is 4.22. The molecule has 1 aliphatic heterocycles. The Kier molecular flexibility index (Phi) is 4.70. The second kappa shape index (κ2) is 5.58. The number of likely N-dealkylation sites (N-methyl/N-ethyl adjacent to an activating group) is 1. The van der Waals surface area contributed by atoms with Crippen LogP contribution in [0.25, 0.3) is 0 Å². The van der Waals surface area contributed by atoms with Gasteiger partial charge in [0, 0.05) is 31.7 Å². The Morgan fingerprint density at radius 2 is 2.31 bits per heavy atom. The molecule has 2 N–H and O–H groups in total. The molecule has 0 amide bonds. The maximum Gasteiger partial charge on any atom is 0.0205 e. The summed E-state index contributed by atoms with van der Waals surface area (Å²) in [5.41, 5.74) is 0. The fraction of sp³-hybridized carbons (Fsp3) is 1.00. The van der Waals surface area contributed by atoms with Crippen molar-refractivity contribution in [3.63, 3.8) is 0 Å². The number of nitrogens with zero attached hydrogens (tertiary/aromatic N) is 1. The summed E-state index contributed by atoms with van der Waals surface area (Å²) < 4.78 is 0. The van der Waals surface area contributed by atoms with Crippen molar-refractivity contribution in [1.29, 1.82) is 0 Å². The van der Waals surface area contributed by atoms with Gasteiger partial charge in [-0.1, -0.05) is 0 Å². The van der Waals surface area contributed by atoms with Gasteiger partial charge < -0.3 is 15.5 Å². The molecule has 0 aromatic carbocycles. The quantitative estimate of drug-likeness (QED) is 0.644. The van der Waals surface area contributed by atoms with Crippen molar-refractivity contribution >= 4 is 0 Å². The lowest BCUT2D eigenvalue weighted by Gasteiger charge is -2.22. The first-order valence-corrected chi connectivity index (χ1v) is 5.34. The van der Waals surface area contributed by atoms with Gasteiger partial charge in [-0.05, 0) is 33.9 Å². The third-order valence-electron chi connectivity index (χ3n) is 2.84. The molecule has 0 bridgehead atoms. The molecule has 3 heteroatoms. The van der Waals surface area contributed by atoms with Crippen LogP contribution in [0.15, 0.2) is 0 Å². The summed E-state index contributed by atoms with van der Waals surface area (Å²) in [4.78, 5) is 2.37. The molecule has 0 aliphatic carbocycles. The van der Waals surface area contributed by atoms with Crippen LogP contribution in [0.1, 0.15) is 20.3 Å². The fourth-order valence-corrected chi connectivity index (χ4v) is 1.53. The smallest absolute Gasteiger partial charge is 0.0205 e. The molecule has 0 aromatic rings. The molecule has 0 aromatic heterocycles. The topological polar surface area (TPSA) is 27.3 Å². The van der Waals surface area contributed by atoms with Crippen LogP contribution >= 0.6 is 0 Å². The Balaban J connectivity index is 1.99. The maximum absolute atomic E-state index is 3.56. The standard InChI is InChI=1S/C10H23N3/c1-9(2)13(3)7-6-12-10-4-5-11-8-10/h9-12H,4-8H2,1-3H3. The highest BCUT2D eigenvalue weighted by atomic mass is 15.1. The molecule has 1 unspecified atom stereocenters. The summed E-state index contributed by atoms with van der Waals surface area (Å²) in [6.45, 7) is 9.05. The highest BCUT2D eigenvalue weighted by Gasteiger charge is 2.13. The van der Waals surface area contributed by atoms with Crippen molar-refractivity contribution in [2.45, 2.75) is 32.4 Å². The van der Waals surface area contributed by atoms with Gasteiger partial charge in [-0.2, -0.15) is 0 Å². The van der Waals surface area contributed by atoms with Crippen LogP contribution in [0.3, 0.4) is 0 Å². The van der Waals surface area contributed by atoms with E-state index in [1.165, 1.54) is 13.0 Å². The average molecular weight is 185 g/mol. The van der Waals surface area contributed by atoms with Crippen molar-refractivity contribution in [1.82, 2.24) is 15.5 Å². The van der Waals surface area contributed by atoms with E-state index in [0.29, 0.717) is 12.1 Å². The first-order valence-electron chi connectivity index (χ1n) is 5.34. The molecule has 1 atom stereocenters. The highest BCUT2D eigenvalue weighted by molar-refractivity contribution is 4.77. The molecule has 3 nitrogen and oxygen atoms in total. The zero-order valence-electron chi connectivity index (χ0n) is 9.14. The highest BCUT2D eigenvalue weighted by Crippen LogP contribution is 1.97. The van der Waals surface area contributed by atoms with Crippen LogP contribution in [0.2, 0.25) is 0 Å². The molecule has 1 saturated heterocycles. The van der Waals surface area contributed by atoms with E-state index in [2.05, 4.69) is 36.4 Å². The van der Waals surface area contributed by atoms with Crippen molar-refractivity contribution in [3.8, 4) is 0 Å². The number of hydrogen-bond acceptors (Lipinski definition) is 3. The van der Waals surface area contributed by atoms with Crippen LogP contribution < -0.4 is 10.6 Å². The Bertz CT molecular complexity index is 128. The second-order valence-corrected chi connectivity index (χ2v) is 4.22. The molecule has 1 heterocycles. The van der Waals surface area contributed by atoms with Gasteiger partial charge in [-0.15, -0.1) is 0 Å². The summed E-state index contributed by atoms with van der Waals surface area (Å²) >= 11 is 0. The Morgan fingerprint density at radius 1 is 1.54 bits per heavy atom. The lowest BCUT2D eigenvalue weighted by molar-refractivity contribution is 0.269. The maximum atomic E-state index is 3.56. The van der Waals surface area contributed by atoms with Gasteiger partial charge in [-0.25, -0.2) is 0 Å². The van der Waals surface area contributed by atoms with Gasteiger partial charge in [0.2, 0.25) is 0 Å². The molecule has 13 heavy (non-hydrogen) atoms. The van der Waals surface area contributed by atoms with Crippen molar-refractivity contribution < 1.29 is 0 Å². The fourth-order valence-electron chi connectivity index (χ4n) is 1.53. The molecule has 0 radical (unpaired) electrons. The van der Waals surface area contributed by atoms with Crippen molar-refractivity contribution in [2.24, 2.45) is 0 Å². The lowest BCUT2D eigenvalue weighted by atomic mass is 10.2. The van der Waals surface area contributed by atoms with E-state index < -0.39 is 0 Å². The van der Waals surface area contributed by atoms with E-state index in [-0.39, 0.29) is 0 Å². The van der Waals surface area contributed by atoms with E-state index in [1.54, 1.807) is 0 Å². The number of rotatable bonds is 5. The van der Waals surface area contributed by atoms with Gasteiger partial charge in [0.25, 0.3) is 0 Å². The first-order chi connectivity index (χ1) is 6.20. The van der Waals surface area contributed by atoms with Crippen LogP contribution in [-0.2, 0) is 0 Å². The normalized spacial score (nSPS) is 23.3. The molecular formula is C10H23N3. The Morgan fingerprint density at radius 3 is 2.85 bits per heavy atom. The van der Waals surface area contributed by atoms with Crippen molar-refractivity contribution in [2.75, 3.05) is 33.2 Å². The molecule has 1 fully saturated rings. The zero-order valence-corrected chi connectivity index (χ0v) is 9.14. The summed E-state index contributed by atoms with van der Waals surface area (Å²) in [6.07, 6.45) is 1.28. The van der Waals surface area contributed by atoms with E-state index in [1.807, 2.05) is 0 Å². The van der Waals surface area contributed by atoms with E-state index in [9.17, 15) is 0 Å². The SMILES string of the molecule is CC(C)N(C)CCNC1CCNC1. The van der Waals surface area contributed by atoms with Crippen LogP contribution in [0, 0.1) is 0 Å². The molecule has 1 aliphatic rings. The Labute approximate surface area is 81.9 Å². The molecular weight excluding hydrogens is 162 g/mol. The van der Waals surface area contributed by atoms with Gasteiger partial charge in [0.1, 0.15) is 0 Å². The summed E-state index contributed by atoms with van der Waals surface area (Å²) in [7, 11) is 2.18. The minimum Gasteiger partial charge on any atom is -0.315 e. The minimum atomic E-state index is 0.656. The molecule has 78 valence electrons. The van der Waals surface area contributed by atoms with Gasteiger partial charge in [0.15, 0.2) is 0 Å². The van der Waals surface area contributed by atoms with E-state index >= 15 is 0 Å². The average Bonchev–Trinajstić information content (AvgIpc) is 2.56. The predicted molar refractivity (Wildman–Crippen MR) is 57.0 cm³/mol. The van der Waals surface area contributed by atoms with E-state index in [4.69, 9.17) is 0 Å². The van der Waals surface area contributed by atoms with Gasteiger partial charge in [0.05, 0.1) is 0 Å². The molecule has 1 rings (SSSR count). The third kappa shape index (κ3) is 4.07. The zero-order chi connectivity index (χ0) is 9.68. The van der Waals surface area contributed by atoms with Crippen LogP contribution in [-0.4, -0.2) is 50.2 Å². The Hall–Kier alpha value is -0.120. The predicted octanol–water partition coefficient (Wildman–Crippen LogP) is 0.278. The summed E-state index contributed by atoms with van der Waals surface area (Å²) in [5.74, 6) is 0. The van der Waals surface area contributed by atoms with Gasteiger partial charge in [-0.3, -0.25) is 0 Å². The molecule has 0 saturated carbocycles. The molecule has 0 spiro atoms. The van der Waals surface area contributed by atoms with Crippen LogP contribution in [0.5, 0.6) is 0 Å². The first kappa shape index (κ1) is 11.0. The van der Waals surface area contributed by atoms with Crippen molar-refractivity contribution in [3.05, 3.63) is 0 Å². The van der Waals surface area contributed by atoms with E-state index in [0.717, 1.165) is 19.6 Å². The number of hydrogen-bond donors (Lipinski definition) is 2. The largest absolute Gasteiger partial charge is 0.315 e. The monoisotopic (exact) mass is 185 g/mol. The minimum absolute atomic E-state index is 0.656.